The highest BCUT2D eigenvalue weighted by atomic mass is 19.1. The lowest BCUT2D eigenvalue weighted by molar-refractivity contribution is 0.0954. The summed E-state index contributed by atoms with van der Waals surface area (Å²) in [4.78, 5) is 19.8. The van der Waals surface area contributed by atoms with E-state index in [2.05, 4.69) is 20.6 Å². The number of rotatable bonds is 6. The summed E-state index contributed by atoms with van der Waals surface area (Å²) in [5.41, 5.74) is 0.240. The van der Waals surface area contributed by atoms with Crippen molar-refractivity contribution >= 4 is 11.9 Å². The number of nitrogens with one attached hydrogen (secondary N) is 2. The van der Waals surface area contributed by atoms with Gasteiger partial charge >= 0.3 is 0 Å². The minimum atomic E-state index is -0.569. The summed E-state index contributed by atoms with van der Waals surface area (Å²) in [7, 11) is 1.37. The molecule has 0 saturated carbocycles. The Kier molecular flexibility index (Phi) is 5.03. The molecule has 0 radical (unpaired) electrons. The fourth-order valence-electron chi connectivity index (χ4n) is 1.65. The van der Waals surface area contributed by atoms with Crippen LogP contribution in [0.1, 0.15) is 10.4 Å². The van der Waals surface area contributed by atoms with Crippen LogP contribution in [0.15, 0.2) is 36.7 Å². The van der Waals surface area contributed by atoms with E-state index in [4.69, 9.17) is 4.74 Å². The van der Waals surface area contributed by atoms with Crippen LogP contribution in [0.2, 0.25) is 0 Å². The number of methoxy groups -OCH3 is 1. The van der Waals surface area contributed by atoms with Gasteiger partial charge < -0.3 is 15.4 Å². The molecule has 0 bridgehead atoms. The van der Waals surface area contributed by atoms with E-state index in [0.29, 0.717) is 19.0 Å². The smallest absolute Gasteiger partial charge is 0.251 e. The summed E-state index contributed by atoms with van der Waals surface area (Å²) in [5.74, 6) is -0.329. The van der Waals surface area contributed by atoms with Crippen molar-refractivity contribution in [3.05, 3.63) is 48.0 Å². The summed E-state index contributed by atoms with van der Waals surface area (Å²) in [5, 5.41) is 5.62. The molecule has 2 aromatic rings. The zero-order chi connectivity index (χ0) is 15.1. The maximum atomic E-state index is 13.5. The number of hydrogen-bond acceptors (Lipinski definition) is 5. The van der Waals surface area contributed by atoms with Gasteiger partial charge in [0.1, 0.15) is 0 Å². The molecule has 1 amide bonds. The van der Waals surface area contributed by atoms with Crippen molar-refractivity contribution in [2.75, 3.05) is 25.5 Å². The van der Waals surface area contributed by atoms with E-state index in [9.17, 15) is 9.18 Å². The third-order valence-corrected chi connectivity index (χ3v) is 2.67. The molecule has 0 aliphatic heterocycles. The summed E-state index contributed by atoms with van der Waals surface area (Å²) in [6, 6.07) is 5.78. The SMILES string of the molecule is COc1ccc(C(=O)NCCNc2ncccn2)cc1F. The molecule has 0 unspecified atom stereocenters. The number of aromatic nitrogens is 2. The number of amides is 1. The highest BCUT2D eigenvalue weighted by Gasteiger charge is 2.09. The number of halogens is 1. The molecule has 110 valence electrons. The molecule has 21 heavy (non-hydrogen) atoms. The van der Waals surface area contributed by atoms with Crippen LogP contribution in [-0.2, 0) is 0 Å². The third-order valence-electron chi connectivity index (χ3n) is 2.67. The Bertz CT molecular complexity index is 607. The molecular weight excluding hydrogens is 275 g/mol. The number of carbonyl (C=O) groups is 1. The Morgan fingerprint density at radius 2 is 2.05 bits per heavy atom. The molecule has 0 spiro atoms. The minimum absolute atomic E-state index is 0.106. The van der Waals surface area contributed by atoms with Gasteiger partial charge in [0.25, 0.3) is 5.91 Å². The van der Waals surface area contributed by atoms with Crippen LogP contribution in [0.4, 0.5) is 10.3 Å². The Labute approximate surface area is 121 Å². The first-order valence-corrected chi connectivity index (χ1v) is 6.33. The summed E-state index contributed by atoms with van der Waals surface area (Å²) < 4.78 is 18.3. The molecule has 0 fully saturated rings. The van der Waals surface area contributed by atoms with Gasteiger partial charge in [-0.15, -0.1) is 0 Å². The maximum Gasteiger partial charge on any atom is 0.251 e. The van der Waals surface area contributed by atoms with Crippen LogP contribution in [0.3, 0.4) is 0 Å². The van der Waals surface area contributed by atoms with Gasteiger partial charge in [-0.3, -0.25) is 4.79 Å². The Morgan fingerprint density at radius 1 is 1.29 bits per heavy atom. The van der Waals surface area contributed by atoms with Gasteiger partial charge in [-0.2, -0.15) is 0 Å². The number of hydrogen-bond donors (Lipinski definition) is 2. The van der Waals surface area contributed by atoms with Crippen LogP contribution >= 0.6 is 0 Å². The molecule has 7 heteroatoms. The van der Waals surface area contributed by atoms with E-state index in [1.807, 2.05) is 0 Å². The lowest BCUT2D eigenvalue weighted by atomic mass is 10.2. The van der Waals surface area contributed by atoms with Gasteiger partial charge in [-0.1, -0.05) is 0 Å². The van der Waals surface area contributed by atoms with Crippen LogP contribution < -0.4 is 15.4 Å². The third kappa shape index (κ3) is 4.13. The highest BCUT2D eigenvalue weighted by molar-refractivity contribution is 5.94. The van der Waals surface area contributed by atoms with Gasteiger partial charge in [-0.05, 0) is 24.3 Å². The van der Waals surface area contributed by atoms with Crippen molar-refractivity contribution < 1.29 is 13.9 Å². The Hall–Kier alpha value is -2.70. The zero-order valence-corrected chi connectivity index (χ0v) is 11.5. The van der Waals surface area contributed by atoms with Crippen molar-refractivity contribution in [3.8, 4) is 5.75 Å². The number of nitrogens with zero attached hydrogens (tertiary/aromatic N) is 2. The minimum Gasteiger partial charge on any atom is -0.494 e. The van der Waals surface area contributed by atoms with Crippen LogP contribution in [-0.4, -0.2) is 36.1 Å². The fourth-order valence-corrected chi connectivity index (χ4v) is 1.65. The van der Waals surface area contributed by atoms with Gasteiger partial charge in [0.15, 0.2) is 11.6 Å². The standard InChI is InChI=1S/C14H15FN4O2/c1-21-12-4-3-10(9-11(12)15)13(20)16-7-8-19-14-17-5-2-6-18-14/h2-6,9H,7-8H2,1H3,(H,16,20)(H,17,18,19). The second-order valence-electron chi connectivity index (χ2n) is 4.10. The first-order valence-electron chi connectivity index (χ1n) is 6.33. The van der Waals surface area contributed by atoms with Gasteiger partial charge in [0.05, 0.1) is 7.11 Å². The quantitative estimate of drug-likeness (QED) is 0.788. The fraction of sp³-hybridized carbons (Fsp3) is 0.214. The number of benzene rings is 1. The molecule has 1 aromatic heterocycles. The second-order valence-corrected chi connectivity index (χ2v) is 4.10. The van der Waals surface area contributed by atoms with E-state index in [1.165, 1.54) is 19.2 Å². The highest BCUT2D eigenvalue weighted by Crippen LogP contribution is 2.17. The van der Waals surface area contributed by atoms with Gasteiger partial charge in [0.2, 0.25) is 5.95 Å². The molecule has 2 N–H and O–H groups in total. The molecule has 0 atom stereocenters. The lowest BCUT2D eigenvalue weighted by Crippen LogP contribution is -2.29. The van der Waals surface area contributed by atoms with Crippen molar-refractivity contribution in [2.45, 2.75) is 0 Å². The predicted octanol–water partition coefficient (Wildman–Crippen LogP) is 1.47. The van der Waals surface area contributed by atoms with Crippen LogP contribution in [0.5, 0.6) is 5.75 Å². The van der Waals surface area contributed by atoms with Crippen molar-refractivity contribution in [3.63, 3.8) is 0 Å². The molecular formula is C14H15FN4O2. The topological polar surface area (TPSA) is 76.1 Å². The average molecular weight is 290 g/mol. The molecule has 0 aliphatic rings. The van der Waals surface area contributed by atoms with E-state index in [0.717, 1.165) is 6.07 Å². The van der Waals surface area contributed by atoms with Gasteiger partial charge in [-0.25, -0.2) is 14.4 Å². The molecule has 1 aromatic carbocycles. The Morgan fingerprint density at radius 3 is 2.71 bits per heavy atom. The van der Waals surface area contributed by atoms with Crippen molar-refractivity contribution in [2.24, 2.45) is 0 Å². The van der Waals surface area contributed by atoms with Crippen LogP contribution in [0, 0.1) is 5.82 Å². The van der Waals surface area contributed by atoms with E-state index in [1.54, 1.807) is 18.5 Å². The van der Waals surface area contributed by atoms with Gasteiger partial charge in [0, 0.05) is 31.0 Å². The molecule has 0 aliphatic carbocycles. The second kappa shape index (κ2) is 7.18. The summed E-state index contributed by atoms with van der Waals surface area (Å²) in [6.45, 7) is 0.832. The number of anilines is 1. The monoisotopic (exact) mass is 290 g/mol. The van der Waals surface area contributed by atoms with E-state index in [-0.39, 0.29) is 17.2 Å². The first kappa shape index (κ1) is 14.7. The first-order chi connectivity index (χ1) is 10.2. The summed E-state index contributed by atoms with van der Waals surface area (Å²) >= 11 is 0. The maximum absolute atomic E-state index is 13.5. The molecule has 2 rings (SSSR count). The van der Waals surface area contributed by atoms with Crippen LogP contribution in [0.25, 0.3) is 0 Å². The normalized spacial score (nSPS) is 10.0. The van der Waals surface area contributed by atoms with E-state index >= 15 is 0 Å². The van der Waals surface area contributed by atoms with E-state index < -0.39 is 5.82 Å². The largest absolute Gasteiger partial charge is 0.494 e. The summed E-state index contributed by atoms with van der Waals surface area (Å²) in [6.07, 6.45) is 3.24. The Balaban J connectivity index is 1.80. The molecule has 0 saturated heterocycles. The zero-order valence-electron chi connectivity index (χ0n) is 11.5. The predicted molar refractivity (Wildman–Crippen MR) is 75.8 cm³/mol. The molecule has 6 nitrogen and oxygen atoms in total. The number of carbonyl (C=O) groups excluding carboxylic acids is 1. The van der Waals surface area contributed by atoms with Crippen molar-refractivity contribution in [1.29, 1.82) is 0 Å². The average Bonchev–Trinajstić information content (AvgIpc) is 2.52. The lowest BCUT2D eigenvalue weighted by Gasteiger charge is -2.08. The van der Waals surface area contributed by atoms with Crippen molar-refractivity contribution in [1.82, 2.24) is 15.3 Å². The molecule has 1 heterocycles. The number of ether oxygens (including phenoxy) is 1.